The number of nitrogens with two attached hydrogens (primary N) is 1. The minimum atomic E-state index is -0.726. The Hall–Kier alpha value is -4.54. The number of aromatic nitrogens is 1. The molecule has 0 aliphatic carbocycles. The van der Waals surface area contributed by atoms with E-state index in [2.05, 4.69) is 21.7 Å². The average molecular weight is 613 g/mol. The second-order valence-electron chi connectivity index (χ2n) is 10.8. The van der Waals surface area contributed by atoms with E-state index in [1.807, 2.05) is 44.4 Å². The van der Waals surface area contributed by atoms with Gasteiger partial charge in [0.1, 0.15) is 11.4 Å². The second kappa shape index (κ2) is 13.0. The van der Waals surface area contributed by atoms with Crippen molar-refractivity contribution >= 4 is 34.8 Å². The molecule has 1 aliphatic heterocycles. The second-order valence-corrected chi connectivity index (χ2v) is 11.7. The summed E-state index contributed by atoms with van der Waals surface area (Å²) in [6, 6.07) is 11.3. The molecule has 3 heterocycles. The van der Waals surface area contributed by atoms with E-state index in [1.54, 1.807) is 30.4 Å². The van der Waals surface area contributed by atoms with Crippen LogP contribution in [0.25, 0.3) is 21.6 Å². The van der Waals surface area contributed by atoms with Crippen molar-refractivity contribution < 1.29 is 23.9 Å². The van der Waals surface area contributed by atoms with Crippen LogP contribution in [0.5, 0.6) is 5.75 Å². The highest BCUT2D eigenvalue weighted by Crippen LogP contribution is 2.43. The number of aryl methyl sites for hydroxylation is 3. The number of hydrogen-bond donors (Lipinski definition) is 3. The molecule has 2 amide bonds. The number of thiophene rings is 1. The third-order valence-electron chi connectivity index (χ3n) is 7.68. The van der Waals surface area contributed by atoms with Gasteiger partial charge < -0.3 is 25.8 Å². The van der Waals surface area contributed by atoms with Crippen molar-refractivity contribution in [3.63, 3.8) is 0 Å². The molecule has 228 valence electrons. The maximum Gasteiger partial charge on any atom is 0.357 e. The lowest BCUT2D eigenvalue weighted by molar-refractivity contribution is 0.0594. The molecule has 1 aliphatic rings. The molecule has 4 aromatic rings. The zero-order valence-corrected chi connectivity index (χ0v) is 26.4. The molecular weight excluding hydrogens is 576 g/mol. The standard InChI is InChI=1S/C34H36N4O5S/c1-6-9-36-33(40)29-20(4)14-24(30(37-29)34(41)42-5)23-16-27-26(31-22(7-10-43-27)8-11-44-31)15-25(23)32(39)38-28-18(2)12-21(17-35)13-19(28)3/h8,11-16H,6-7,9-10,17,35H2,1-5H3,(H,36,40)(H,38,39). The lowest BCUT2D eigenvalue weighted by Gasteiger charge is -2.19. The fraction of sp³-hybridized carbons (Fsp3) is 0.294. The molecule has 0 radical (unpaired) electrons. The van der Waals surface area contributed by atoms with Crippen LogP contribution in [0.15, 0.2) is 41.8 Å². The van der Waals surface area contributed by atoms with Crippen molar-refractivity contribution in [3.05, 3.63) is 86.5 Å². The number of methoxy groups -OCH3 is 1. The van der Waals surface area contributed by atoms with Crippen molar-refractivity contribution in [2.24, 2.45) is 5.73 Å². The van der Waals surface area contributed by atoms with Gasteiger partial charge in [-0.3, -0.25) is 9.59 Å². The predicted octanol–water partition coefficient (Wildman–Crippen LogP) is 5.97. The van der Waals surface area contributed by atoms with Crippen LogP contribution in [-0.4, -0.2) is 43.0 Å². The summed E-state index contributed by atoms with van der Waals surface area (Å²) >= 11 is 1.59. The molecule has 44 heavy (non-hydrogen) atoms. The minimum absolute atomic E-state index is 0.0705. The van der Waals surface area contributed by atoms with Crippen molar-refractivity contribution in [1.82, 2.24) is 10.3 Å². The molecule has 2 aromatic carbocycles. The summed E-state index contributed by atoms with van der Waals surface area (Å²) in [5.41, 5.74) is 13.0. The fourth-order valence-corrected chi connectivity index (χ4v) is 6.48. The van der Waals surface area contributed by atoms with Crippen molar-refractivity contribution in [1.29, 1.82) is 0 Å². The van der Waals surface area contributed by atoms with Crippen molar-refractivity contribution in [2.45, 2.75) is 47.1 Å². The topological polar surface area (TPSA) is 133 Å². The number of rotatable bonds is 8. The number of esters is 1. The van der Waals surface area contributed by atoms with Gasteiger partial charge in [0.25, 0.3) is 11.8 Å². The highest BCUT2D eigenvalue weighted by Gasteiger charge is 2.28. The van der Waals surface area contributed by atoms with Gasteiger partial charge in [-0.25, -0.2) is 9.78 Å². The van der Waals surface area contributed by atoms with E-state index in [-0.39, 0.29) is 23.2 Å². The summed E-state index contributed by atoms with van der Waals surface area (Å²) < 4.78 is 11.3. The summed E-state index contributed by atoms with van der Waals surface area (Å²) in [7, 11) is 1.26. The Balaban J connectivity index is 1.73. The Morgan fingerprint density at radius 1 is 0.977 bits per heavy atom. The third kappa shape index (κ3) is 5.95. The van der Waals surface area contributed by atoms with Crippen LogP contribution < -0.4 is 21.1 Å². The van der Waals surface area contributed by atoms with Gasteiger partial charge in [-0.2, -0.15) is 0 Å². The summed E-state index contributed by atoms with van der Waals surface area (Å²) in [4.78, 5) is 45.8. The van der Waals surface area contributed by atoms with Gasteiger partial charge in [0.05, 0.1) is 13.7 Å². The van der Waals surface area contributed by atoms with Gasteiger partial charge in [0.15, 0.2) is 5.69 Å². The molecule has 0 spiro atoms. The molecule has 9 nitrogen and oxygen atoms in total. The highest BCUT2D eigenvalue weighted by molar-refractivity contribution is 7.13. The van der Waals surface area contributed by atoms with E-state index in [1.165, 1.54) is 7.11 Å². The van der Waals surface area contributed by atoms with Crippen LogP contribution in [0, 0.1) is 20.8 Å². The summed E-state index contributed by atoms with van der Waals surface area (Å²) in [6.45, 7) is 8.88. The Labute approximate surface area is 260 Å². The van der Waals surface area contributed by atoms with E-state index >= 15 is 0 Å². The number of carbonyl (C=O) groups excluding carboxylic acids is 3. The largest absolute Gasteiger partial charge is 0.493 e. The molecule has 4 N–H and O–H groups in total. The van der Waals surface area contributed by atoms with Gasteiger partial charge >= 0.3 is 5.97 Å². The number of nitrogens with zero attached hydrogens (tertiary/aromatic N) is 1. The minimum Gasteiger partial charge on any atom is -0.493 e. The monoisotopic (exact) mass is 612 g/mol. The van der Waals surface area contributed by atoms with Gasteiger partial charge in [-0.1, -0.05) is 19.1 Å². The molecular formula is C34H36N4O5S. The molecule has 2 aromatic heterocycles. The normalized spacial score (nSPS) is 12.0. The van der Waals surface area contributed by atoms with Crippen LogP contribution in [0.3, 0.4) is 0 Å². The maximum absolute atomic E-state index is 14.2. The SMILES string of the molecule is CCCNC(=O)c1nc(C(=O)OC)c(-c2cc3c(cc2C(=O)Nc2c(C)cc(CN)cc2C)-c2sccc2CCO3)cc1C. The first-order valence-corrected chi connectivity index (χ1v) is 15.4. The first-order chi connectivity index (χ1) is 21.2. The Morgan fingerprint density at radius 3 is 2.41 bits per heavy atom. The third-order valence-corrected chi connectivity index (χ3v) is 8.67. The number of ether oxygens (including phenoxy) is 2. The number of amides is 2. The first kappa shape index (κ1) is 30.9. The Kier molecular flexibility index (Phi) is 9.12. The van der Waals surface area contributed by atoms with Crippen LogP contribution >= 0.6 is 11.3 Å². The zero-order valence-electron chi connectivity index (χ0n) is 25.6. The smallest absolute Gasteiger partial charge is 0.357 e. The Morgan fingerprint density at radius 2 is 1.73 bits per heavy atom. The van der Waals surface area contributed by atoms with Crippen LogP contribution in [0.1, 0.15) is 72.5 Å². The number of nitrogens with one attached hydrogen (secondary N) is 2. The van der Waals surface area contributed by atoms with Gasteiger partial charge in [-0.05, 0) is 84.7 Å². The number of anilines is 1. The fourth-order valence-electron chi connectivity index (χ4n) is 5.50. The van der Waals surface area contributed by atoms with Crippen LogP contribution in [0.4, 0.5) is 5.69 Å². The maximum atomic E-state index is 14.2. The van der Waals surface area contributed by atoms with E-state index in [4.69, 9.17) is 15.2 Å². The van der Waals surface area contributed by atoms with Gasteiger partial charge in [0, 0.05) is 52.3 Å². The average Bonchev–Trinajstić information content (AvgIpc) is 3.41. The number of benzene rings is 2. The number of carbonyl (C=O) groups is 3. The van der Waals surface area contributed by atoms with E-state index in [0.717, 1.165) is 45.5 Å². The van der Waals surface area contributed by atoms with Crippen molar-refractivity contribution in [2.75, 3.05) is 25.6 Å². The van der Waals surface area contributed by atoms with E-state index in [0.29, 0.717) is 53.4 Å². The predicted molar refractivity (Wildman–Crippen MR) is 173 cm³/mol. The Bertz CT molecular complexity index is 1750. The molecule has 0 saturated carbocycles. The first-order valence-electron chi connectivity index (χ1n) is 14.5. The number of hydrogen-bond acceptors (Lipinski definition) is 8. The summed E-state index contributed by atoms with van der Waals surface area (Å²) in [5.74, 6) is -0.886. The van der Waals surface area contributed by atoms with Gasteiger partial charge in [-0.15, -0.1) is 11.3 Å². The van der Waals surface area contributed by atoms with E-state index < -0.39 is 5.97 Å². The summed E-state index contributed by atoms with van der Waals surface area (Å²) in [6.07, 6.45) is 1.48. The number of fused-ring (bicyclic) bond motifs is 3. The van der Waals surface area contributed by atoms with Crippen molar-refractivity contribution in [3.8, 4) is 27.3 Å². The van der Waals surface area contributed by atoms with Gasteiger partial charge in [0.2, 0.25) is 0 Å². The quantitative estimate of drug-likeness (QED) is 0.209. The molecule has 10 heteroatoms. The molecule has 0 atom stereocenters. The molecule has 0 bridgehead atoms. The van der Waals surface area contributed by atoms with E-state index in [9.17, 15) is 14.4 Å². The molecule has 0 saturated heterocycles. The highest BCUT2D eigenvalue weighted by atomic mass is 32.1. The lowest BCUT2D eigenvalue weighted by Crippen LogP contribution is -2.27. The molecule has 0 unspecified atom stereocenters. The molecule has 0 fully saturated rings. The van der Waals surface area contributed by atoms with Crippen LogP contribution in [-0.2, 0) is 17.7 Å². The van der Waals surface area contributed by atoms with Crippen LogP contribution in [0.2, 0.25) is 0 Å². The lowest BCUT2D eigenvalue weighted by atomic mass is 9.92. The zero-order chi connectivity index (χ0) is 31.5. The molecule has 5 rings (SSSR count). The number of pyridine rings is 1. The summed E-state index contributed by atoms with van der Waals surface area (Å²) in [5, 5.41) is 7.96.